The van der Waals surface area contributed by atoms with Crippen molar-refractivity contribution >= 4 is 93.6 Å². The number of aromatic nitrogens is 6. The smallest absolute Gasteiger partial charge is 0.400 e. The van der Waals surface area contributed by atoms with Crippen LogP contribution in [0.15, 0.2) is 138 Å². The number of terminal acetylenes is 1. The van der Waals surface area contributed by atoms with Crippen LogP contribution < -0.4 is 33.7 Å². The van der Waals surface area contributed by atoms with Crippen LogP contribution in [0, 0.1) is 43.4 Å². The third kappa shape index (κ3) is 30.0. The summed E-state index contributed by atoms with van der Waals surface area (Å²) in [4.78, 5) is 119. The fourth-order valence-corrected chi connectivity index (χ4v) is 25.9. The maximum absolute atomic E-state index is 12.7. The first kappa shape index (κ1) is 105. The predicted molar refractivity (Wildman–Crippen MR) is 455 cm³/mol. The molecule has 3 saturated heterocycles. The van der Waals surface area contributed by atoms with Crippen molar-refractivity contribution in [2.24, 2.45) is 0 Å². The van der Waals surface area contributed by atoms with Gasteiger partial charge >= 0.3 is 40.5 Å². The number of nitrogens with zero attached hydrogens (tertiary/aromatic N) is 3. The molecule has 5 unspecified atom stereocenters. The van der Waals surface area contributed by atoms with Crippen LogP contribution in [0.1, 0.15) is 156 Å². The fourth-order valence-electron chi connectivity index (χ4n) is 12.5. The van der Waals surface area contributed by atoms with Gasteiger partial charge in [0.2, 0.25) is 0 Å². The van der Waals surface area contributed by atoms with Crippen LogP contribution in [-0.2, 0) is 92.7 Å². The van der Waals surface area contributed by atoms with Gasteiger partial charge in [-0.1, -0.05) is 204 Å². The Balaban J connectivity index is 0.000000427. The Labute approximate surface area is 716 Å². The SMILES string of the molecule is C.C#C[Si](OCc1ccccc1)(C(C)C)C(C)C.CC(C)[Si](C#Cc1cn([C@H]2CC(O)[C@@H](CO)O2)c(=O)[nH]c1=O)(OCc1ccccc1)C(C)C.CC(C)[Si](C#Cc1cn([C@H]2CC(O)[C@@H](COP(=O)(O)OP(=O)(O)OP(=O)(O)O)O2)c(=O)[nH]c1=O)(OCc1ccccc1)C(C)C.O=c1[nH]c(=O)n([C@H]2CC(O)[C@@H](CO)O2)cc1I.[CH2-]I.[V]. The Kier molecular flexibility index (Phi) is 43.6. The summed E-state index contributed by atoms with van der Waals surface area (Å²) in [5.41, 5.74) is 10.1. The summed E-state index contributed by atoms with van der Waals surface area (Å²) in [5.74, 6) is 5.88. The topological polar surface area (TPSA) is 481 Å². The average Bonchev–Trinajstić information content (AvgIpc) is 1.12. The first-order valence-corrected chi connectivity index (χ1v) is 49.3. The Morgan fingerprint density at radius 2 is 0.802 bits per heavy atom. The van der Waals surface area contributed by atoms with E-state index in [4.69, 9.17) is 48.8 Å². The number of benzene rings is 3. The number of halogens is 2. The van der Waals surface area contributed by atoms with E-state index >= 15 is 0 Å². The second-order valence-corrected chi connectivity index (χ2v) is 47.3. The molecular weight excluding hydrogens is 1890 g/mol. The summed E-state index contributed by atoms with van der Waals surface area (Å²) < 4.78 is 85.5. The zero-order chi connectivity index (χ0) is 85.4. The number of aromatic amines is 3. The molecule has 11 atom stereocenters. The number of aliphatic hydroxyl groups excluding tert-OH is 5. The van der Waals surface area contributed by atoms with E-state index < -0.39 is 144 Å². The normalized spacial score (nSPS) is 20.3. The van der Waals surface area contributed by atoms with Crippen molar-refractivity contribution in [1.29, 1.82) is 0 Å². The van der Waals surface area contributed by atoms with Crippen LogP contribution >= 0.6 is 68.6 Å². The monoisotopic (exact) mass is 1990 g/mol. The number of phosphoric ester groups is 1. The van der Waals surface area contributed by atoms with Gasteiger partial charge in [-0.15, -0.1) is 12.0 Å². The average molecular weight is 1990 g/mol. The van der Waals surface area contributed by atoms with Gasteiger partial charge in [-0.3, -0.25) is 52.5 Å². The zero-order valence-corrected chi connectivity index (χ0v) is 76.9. The van der Waals surface area contributed by atoms with E-state index in [1.165, 1.54) is 27.1 Å². The van der Waals surface area contributed by atoms with Gasteiger partial charge < -0.3 is 95.2 Å². The Hall–Kier alpha value is -4.95. The Morgan fingerprint density at radius 1 is 0.500 bits per heavy atom. The van der Waals surface area contributed by atoms with E-state index in [0.717, 1.165) is 21.9 Å². The number of H-pyrrole nitrogens is 3. The Morgan fingerprint density at radius 3 is 1.10 bits per heavy atom. The van der Waals surface area contributed by atoms with Crippen LogP contribution in [0.3, 0.4) is 0 Å². The summed E-state index contributed by atoms with van der Waals surface area (Å²) >= 11 is 3.70. The molecule has 9 rings (SSSR count). The molecule has 42 heteroatoms. The minimum Gasteiger partial charge on any atom is -0.400 e. The van der Waals surface area contributed by atoms with E-state index in [0.29, 0.717) is 34.5 Å². The van der Waals surface area contributed by atoms with E-state index in [9.17, 15) is 72.7 Å². The quantitative estimate of drug-likeness (QED) is 0.00751. The van der Waals surface area contributed by atoms with E-state index in [1.807, 2.05) is 129 Å². The molecule has 3 fully saturated rings. The number of phosphoric acid groups is 3. The van der Waals surface area contributed by atoms with Gasteiger partial charge in [0.1, 0.15) is 48.1 Å². The van der Waals surface area contributed by atoms with Crippen LogP contribution in [0.25, 0.3) is 0 Å². The molecule has 0 amide bonds. The minimum atomic E-state index is -5.74. The first-order chi connectivity index (χ1) is 53.5. The predicted octanol–water partition coefficient (Wildman–Crippen LogP) is 9.22. The Bertz CT molecular complexity index is 4790. The van der Waals surface area contributed by atoms with Crippen molar-refractivity contribution in [3.63, 3.8) is 0 Å². The molecule has 6 heterocycles. The van der Waals surface area contributed by atoms with Crippen LogP contribution in [0.4, 0.5) is 0 Å². The standard InChI is InChI=1S/C24H35N2O15P3Si.C24H32N2O6Si.C15H22OSi.C9H11IN2O5.CH2I.CH4.V/c1-16(2)45(17(3)4,38-14-18-8-6-5-7-9-18)11-10-19-13-26(24(29)25-23(19)28)22-12-20(27)21(39-22)15-37-43(33,34)41-44(35,36)40-42(30,31)32;1-16(2)33(17(3)4,31-15-18-8-6-5-7-9-18)11-10-19-13-26(24(30)25-23(19)29)22-12-20(28)21(14-27)32-22;1-6-17(13(2)3,14(4)5)16-12-15-10-8-7-9-11-15;10-4-2-12(9(16)11-8(4)15)7-1-5(14)6(3-13)17-7;1-2;;/h5-9,13,16-17,20-22,27H,12,14-15H2,1-4H3,(H,33,34)(H,35,36)(H,25,28,29)(H2,30,31,32);5-9,13,16-17,20-22,27-28H,12,14-15H2,1-4H3,(H,25,29,30);1,7-11,13-14H,12H2,2-5H3;2,5-7,13-14H,1,3H2,(H,11,15,16);1H2;1H4;/q;;;;-1;;/t2*20?,21-,22-;;5?,6-,7-;;;/m11.1.../s1. The van der Waals surface area contributed by atoms with Gasteiger partial charge in [-0.25, -0.2) is 28.1 Å². The molecule has 116 heavy (non-hydrogen) atoms. The third-order valence-corrected chi connectivity index (χ3v) is 36.9. The molecule has 3 aromatic heterocycles. The molecular formula is C74H106I2N6O27P3Si3V-. The number of hydrogen-bond donors (Lipinski definition) is 12. The van der Waals surface area contributed by atoms with Crippen molar-refractivity contribution in [3.05, 3.63) is 208 Å². The number of ether oxygens (including phenoxy) is 3. The maximum atomic E-state index is 12.7. The molecule has 1 radical (unpaired) electrons. The van der Waals surface area contributed by atoms with Crippen LogP contribution in [0.5, 0.6) is 0 Å². The van der Waals surface area contributed by atoms with E-state index in [2.05, 4.69) is 129 Å². The fraction of sp³-hybridized carbons (Fsp3) is 0.500. The molecule has 12 N–H and O–H groups in total. The number of nitrogens with one attached hydrogen (secondary N) is 3. The molecule has 0 aliphatic carbocycles. The summed E-state index contributed by atoms with van der Waals surface area (Å²) in [6, 6.07) is 29.7. The molecule has 3 aromatic carbocycles. The van der Waals surface area contributed by atoms with Crippen molar-refractivity contribution in [1.82, 2.24) is 28.7 Å². The molecule has 3 aliphatic heterocycles. The summed E-state index contributed by atoms with van der Waals surface area (Å²) in [5, 5.41) is 48.3. The van der Waals surface area contributed by atoms with E-state index in [1.54, 1.807) is 22.6 Å². The molecule has 6 aromatic rings. The minimum absolute atomic E-state index is 0. The maximum Gasteiger partial charge on any atom is 0.490 e. The molecule has 0 spiro atoms. The van der Waals surface area contributed by atoms with Gasteiger partial charge in [-0.2, -0.15) is 8.62 Å². The summed E-state index contributed by atoms with van der Waals surface area (Å²) in [6.07, 6.45) is 1.08. The zero-order valence-electron chi connectivity index (χ0n) is 65.5. The summed E-state index contributed by atoms with van der Waals surface area (Å²) in [6.45, 7) is 24.8. The van der Waals surface area contributed by atoms with Gasteiger partial charge in [0, 0.05) is 56.4 Å². The van der Waals surface area contributed by atoms with Gasteiger partial charge in [-0.05, 0) is 72.5 Å². The van der Waals surface area contributed by atoms with Gasteiger partial charge in [0.15, 0.2) is 0 Å². The van der Waals surface area contributed by atoms with Crippen LogP contribution in [-0.4, -0.2) is 155 Å². The number of hydrogen-bond acceptors (Lipinski definition) is 23. The van der Waals surface area contributed by atoms with Gasteiger partial charge in [0.25, 0.3) is 41.6 Å². The third-order valence-electron chi connectivity index (χ3n) is 18.7. The molecule has 641 valence electrons. The largest absolute Gasteiger partial charge is 0.490 e. The molecule has 0 bridgehead atoms. The molecule has 0 saturated carbocycles. The molecule has 3 aliphatic rings. The van der Waals surface area contributed by atoms with Crippen molar-refractivity contribution in [2.75, 3.05) is 19.8 Å². The first-order valence-electron chi connectivity index (χ1n) is 36.0. The van der Waals surface area contributed by atoms with Crippen molar-refractivity contribution in [2.45, 2.75) is 218 Å². The van der Waals surface area contributed by atoms with Crippen molar-refractivity contribution in [3.8, 4) is 34.9 Å². The van der Waals surface area contributed by atoms with Crippen LogP contribution in [0.2, 0.25) is 33.2 Å². The summed E-state index contributed by atoms with van der Waals surface area (Å²) in [7, 11) is -24.3. The molecule has 33 nitrogen and oxygen atoms in total. The van der Waals surface area contributed by atoms with E-state index in [-0.39, 0.29) is 91.8 Å². The second-order valence-electron chi connectivity index (χ2n) is 28.4. The number of aliphatic hydroxyl groups is 5. The van der Waals surface area contributed by atoms with Gasteiger partial charge in [0.05, 0.1) is 61.5 Å². The van der Waals surface area contributed by atoms with Crippen molar-refractivity contribution < 1.29 is 118 Å². The second kappa shape index (κ2) is 48.0. The number of rotatable bonds is 27.